The number of H-pyrrole nitrogens is 1. The normalized spacial score (nSPS) is 10.6. The van der Waals surface area contributed by atoms with Crippen molar-refractivity contribution in [1.82, 2.24) is 19.9 Å². The molecule has 4 heteroatoms. The lowest BCUT2D eigenvalue weighted by Crippen LogP contribution is -1.90. The van der Waals surface area contributed by atoms with E-state index in [0.717, 1.165) is 34.0 Å². The quantitative estimate of drug-likeness (QED) is 0.616. The molecule has 0 atom stereocenters. The van der Waals surface area contributed by atoms with Crippen molar-refractivity contribution in [2.45, 2.75) is 0 Å². The lowest BCUT2D eigenvalue weighted by molar-refractivity contribution is 1.25. The molecule has 0 radical (unpaired) electrons. The molecule has 4 nitrogen and oxygen atoms in total. The van der Waals surface area contributed by atoms with Crippen LogP contribution in [0, 0.1) is 0 Å². The number of hydrogen-bond acceptors (Lipinski definition) is 3. The minimum Gasteiger partial charge on any atom is -0.344 e. The SMILES string of the molecule is c1ccc(-c2ncccc2-c2nc(-c3ccccn3)c[nH]2)cc1. The Morgan fingerprint density at radius 3 is 2.35 bits per heavy atom. The molecule has 0 amide bonds. The first kappa shape index (κ1) is 13.4. The second kappa shape index (κ2) is 5.85. The second-order valence-corrected chi connectivity index (χ2v) is 5.11. The number of nitrogens with zero attached hydrogens (tertiary/aromatic N) is 3. The molecule has 23 heavy (non-hydrogen) atoms. The summed E-state index contributed by atoms with van der Waals surface area (Å²) in [6, 6.07) is 19.9. The summed E-state index contributed by atoms with van der Waals surface area (Å²) in [7, 11) is 0. The highest BCUT2D eigenvalue weighted by atomic mass is 14.9. The molecule has 0 aliphatic carbocycles. The van der Waals surface area contributed by atoms with E-state index in [-0.39, 0.29) is 0 Å². The smallest absolute Gasteiger partial charge is 0.140 e. The molecule has 3 aromatic heterocycles. The van der Waals surface area contributed by atoms with E-state index >= 15 is 0 Å². The Kier molecular flexibility index (Phi) is 3.41. The number of benzene rings is 1. The van der Waals surface area contributed by atoms with Gasteiger partial charge in [0.25, 0.3) is 0 Å². The molecule has 0 bridgehead atoms. The van der Waals surface area contributed by atoms with Crippen LogP contribution in [0.4, 0.5) is 0 Å². The van der Waals surface area contributed by atoms with Gasteiger partial charge < -0.3 is 4.98 Å². The highest BCUT2D eigenvalue weighted by Gasteiger charge is 2.12. The molecule has 4 aromatic rings. The van der Waals surface area contributed by atoms with Gasteiger partial charge in [0, 0.05) is 29.7 Å². The maximum absolute atomic E-state index is 4.68. The summed E-state index contributed by atoms with van der Waals surface area (Å²) in [5.41, 5.74) is 4.62. The topological polar surface area (TPSA) is 54.5 Å². The Balaban J connectivity index is 1.79. The van der Waals surface area contributed by atoms with Crippen LogP contribution in [0.3, 0.4) is 0 Å². The van der Waals surface area contributed by atoms with Crippen LogP contribution in [0.25, 0.3) is 34.0 Å². The molecule has 0 fully saturated rings. The van der Waals surface area contributed by atoms with E-state index in [1.807, 2.05) is 54.7 Å². The van der Waals surface area contributed by atoms with Crippen LogP contribution in [-0.4, -0.2) is 19.9 Å². The summed E-state index contributed by atoms with van der Waals surface area (Å²) in [6.07, 6.45) is 5.44. The van der Waals surface area contributed by atoms with Crippen LogP contribution in [0.1, 0.15) is 0 Å². The van der Waals surface area contributed by atoms with Crippen LogP contribution in [0.2, 0.25) is 0 Å². The first-order valence-corrected chi connectivity index (χ1v) is 7.39. The van der Waals surface area contributed by atoms with Crippen molar-refractivity contribution >= 4 is 0 Å². The van der Waals surface area contributed by atoms with Crippen LogP contribution in [0.15, 0.2) is 79.3 Å². The van der Waals surface area contributed by atoms with Gasteiger partial charge in [0.2, 0.25) is 0 Å². The number of imidazole rings is 1. The van der Waals surface area contributed by atoms with E-state index in [9.17, 15) is 0 Å². The van der Waals surface area contributed by atoms with Crippen molar-refractivity contribution in [3.8, 4) is 34.0 Å². The average molecular weight is 298 g/mol. The summed E-state index contributed by atoms with van der Waals surface area (Å²) in [4.78, 5) is 16.8. The van der Waals surface area contributed by atoms with Gasteiger partial charge in [0.15, 0.2) is 0 Å². The lowest BCUT2D eigenvalue weighted by Gasteiger charge is -2.06. The Bertz CT molecular complexity index is 914. The average Bonchev–Trinajstić information content (AvgIpc) is 3.13. The summed E-state index contributed by atoms with van der Waals surface area (Å²) in [5.74, 6) is 0.789. The highest BCUT2D eigenvalue weighted by molar-refractivity contribution is 5.78. The lowest BCUT2D eigenvalue weighted by atomic mass is 10.1. The fourth-order valence-corrected chi connectivity index (χ4v) is 2.53. The first-order chi connectivity index (χ1) is 11.4. The van der Waals surface area contributed by atoms with E-state index in [1.54, 1.807) is 12.4 Å². The van der Waals surface area contributed by atoms with Gasteiger partial charge in [0.05, 0.1) is 11.4 Å². The fraction of sp³-hybridized carbons (Fsp3) is 0. The molecule has 4 rings (SSSR count). The number of hydrogen-bond donors (Lipinski definition) is 1. The molecule has 1 N–H and O–H groups in total. The fourth-order valence-electron chi connectivity index (χ4n) is 2.53. The van der Waals surface area contributed by atoms with Gasteiger partial charge in [-0.15, -0.1) is 0 Å². The maximum Gasteiger partial charge on any atom is 0.140 e. The zero-order valence-electron chi connectivity index (χ0n) is 12.3. The Labute approximate surface area is 133 Å². The third kappa shape index (κ3) is 2.62. The van der Waals surface area contributed by atoms with Gasteiger partial charge >= 0.3 is 0 Å². The van der Waals surface area contributed by atoms with Crippen LogP contribution in [0.5, 0.6) is 0 Å². The van der Waals surface area contributed by atoms with Crippen molar-refractivity contribution in [3.63, 3.8) is 0 Å². The number of pyridine rings is 2. The number of aromatic amines is 1. The van der Waals surface area contributed by atoms with E-state index in [0.29, 0.717) is 0 Å². The van der Waals surface area contributed by atoms with E-state index in [4.69, 9.17) is 0 Å². The minimum absolute atomic E-state index is 0.789. The molecule has 0 aliphatic heterocycles. The molecular weight excluding hydrogens is 284 g/mol. The van der Waals surface area contributed by atoms with Gasteiger partial charge in [-0.05, 0) is 24.3 Å². The third-order valence-corrected chi connectivity index (χ3v) is 3.62. The molecule has 0 saturated heterocycles. The molecule has 0 spiro atoms. The predicted molar refractivity (Wildman–Crippen MR) is 90.5 cm³/mol. The van der Waals surface area contributed by atoms with Gasteiger partial charge in [-0.25, -0.2) is 4.98 Å². The standard InChI is InChI=1S/C19H14N4/c1-2-7-14(8-3-1)18-15(9-6-12-21-18)19-22-13-17(23-19)16-10-4-5-11-20-16/h1-13H,(H,22,23). The molecule has 0 saturated carbocycles. The van der Waals surface area contributed by atoms with Crippen molar-refractivity contribution in [1.29, 1.82) is 0 Å². The summed E-state index contributed by atoms with van der Waals surface area (Å²) in [5, 5.41) is 0. The van der Waals surface area contributed by atoms with E-state index < -0.39 is 0 Å². The number of rotatable bonds is 3. The second-order valence-electron chi connectivity index (χ2n) is 5.11. The number of nitrogens with one attached hydrogen (secondary N) is 1. The maximum atomic E-state index is 4.68. The summed E-state index contributed by atoms with van der Waals surface area (Å²) in [6.45, 7) is 0. The van der Waals surface area contributed by atoms with Crippen LogP contribution >= 0.6 is 0 Å². The highest BCUT2D eigenvalue weighted by Crippen LogP contribution is 2.29. The van der Waals surface area contributed by atoms with Crippen molar-refractivity contribution < 1.29 is 0 Å². The Morgan fingerprint density at radius 2 is 1.52 bits per heavy atom. The Hall–Kier alpha value is -3.27. The Morgan fingerprint density at radius 1 is 0.696 bits per heavy atom. The molecule has 3 heterocycles. The first-order valence-electron chi connectivity index (χ1n) is 7.39. The molecule has 0 aliphatic rings. The zero-order chi connectivity index (χ0) is 15.5. The van der Waals surface area contributed by atoms with Gasteiger partial charge in [-0.2, -0.15) is 0 Å². The van der Waals surface area contributed by atoms with Crippen molar-refractivity contribution in [3.05, 3.63) is 79.3 Å². The van der Waals surface area contributed by atoms with Gasteiger partial charge in [0.1, 0.15) is 11.5 Å². The molecule has 1 aromatic carbocycles. The largest absolute Gasteiger partial charge is 0.344 e. The van der Waals surface area contributed by atoms with Crippen molar-refractivity contribution in [2.24, 2.45) is 0 Å². The van der Waals surface area contributed by atoms with Crippen LogP contribution in [-0.2, 0) is 0 Å². The molecule has 110 valence electrons. The van der Waals surface area contributed by atoms with Crippen molar-refractivity contribution in [2.75, 3.05) is 0 Å². The third-order valence-electron chi connectivity index (χ3n) is 3.62. The summed E-state index contributed by atoms with van der Waals surface area (Å²) < 4.78 is 0. The monoisotopic (exact) mass is 298 g/mol. The zero-order valence-corrected chi connectivity index (χ0v) is 12.3. The molecule has 0 unspecified atom stereocenters. The van der Waals surface area contributed by atoms with Crippen LogP contribution < -0.4 is 0 Å². The number of aromatic nitrogens is 4. The van der Waals surface area contributed by atoms with E-state index in [2.05, 4.69) is 32.1 Å². The van der Waals surface area contributed by atoms with Gasteiger partial charge in [-0.1, -0.05) is 36.4 Å². The molecular formula is C19H14N4. The van der Waals surface area contributed by atoms with Gasteiger partial charge in [-0.3, -0.25) is 9.97 Å². The predicted octanol–water partition coefficient (Wildman–Crippen LogP) is 4.20. The minimum atomic E-state index is 0.789. The van der Waals surface area contributed by atoms with E-state index in [1.165, 1.54) is 0 Å². The summed E-state index contributed by atoms with van der Waals surface area (Å²) >= 11 is 0.